The molecule has 0 radical (unpaired) electrons. The van der Waals surface area contributed by atoms with Crippen molar-refractivity contribution in [2.45, 2.75) is 9.79 Å². The van der Waals surface area contributed by atoms with E-state index in [-0.39, 0.29) is 9.79 Å². The van der Waals surface area contributed by atoms with Crippen LogP contribution in [0.1, 0.15) is 0 Å². The summed E-state index contributed by atoms with van der Waals surface area (Å²) in [5.41, 5.74) is 2.57. The predicted octanol–water partition coefficient (Wildman–Crippen LogP) is 7.66. The monoisotopic (exact) mass is 598 g/mol. The van der Waals surface area contributed by atoms with Gasteiger partial charge in [0.1, 0.15) is 9.79 Å². The molecule has 0 fully saturated rings. The number of rotatable bonds is 6. The van der Waals surface area contributed by atoms with E-state index >= 15 is 0 Å². The Bertz CT molecular complexity index is 2080. The third kappa shape index (κ3) is 6.59. The molecule has 0 aliphatic carbocycles. The molecule has 0 atom stereocenters. The molecule has 6 aromatic carbocycles. The van der Waals surface area contributed by atoms with Crippen LogP contribution < -0.4 is 10.6 Å². The number of nitrogens with one attached hydrogen (secondary N) is 2. The maximum atomic E-state index is 11.8. The summed E-state index contributed by atoms with van der Waals surface area (Å²) in [7, 11) is -8.63. The molecule has 212 valence electrons. The van der Waals surface area contributed by atoms with Crippen molar-refractivity contribution >= 4 is 64.5 Å². The van der Waals surface area contributed by atoms with Gasteiger partial charge in [0.05, 0.1) is 5.69 Å². The number of hydrogen-bond donors (Lipinski definition) is 4. The third-order valence-corrected chi connectivity index (χ3v) is 8.24. The van der Waals surface area contributed by atoms with Crippen molar-refractivity contribution < 1.29 is 25.9 Å². The molecule has 0 aliphatic heterocycles. The van der Waals surface area contributed by atoms with Gasteiger partial charge in [-0.25, -0.2) is 0 Å². The first-order valence-corrected chi connectivity index (χ1v) is 15.6. The Labute approximate surface area is 243 Å². The molecule has 0 saturated heterocycles. The molecule has 0 heterocycles. The second-order valence-electron chi connectivity index (χ2n) is 9.26. The number of anilines is 4. The minimum Gasteiger partial charge on any atom is -0.355 e. The van der Waals surface area contributed by atoms with Gasteiger partial charge in [0, 0.05) is 27.8 Å². The van der Waals surface area contributed by atoms with E-state index < -0.39 is 20.2 Å². The zero-order chi connectivity index (χ0) is 29.7. The molecule has 0 aromatic heterocycles. The first kappa shape index (κ1) is 28.8. The zero-order valence-corrected chi connectivity index (χ0v) is 23.7. The summed E-state index contributed by atoms with van der Waals surface area (Å²) in [6.07, 6.45) is 0. The quantitative estimate of drug-likeness (QED) is 0.144. The molecule has 42 heavy (non-hydrogen) atoms. The molecule has 10 heteroatoms. The smallest absolute Gasteiger partial charge is 0.297 e. The van der Waals surface area contributed by atoms with Gasteiger partial charge in [0.25, 0.3) is 20.2 Å². The highest BCUT2D eigenvalue weighted by molar-refractivity contribution is 7.86. The topological polar surface area (TPSA) is 133 Å². The molecule has 6 rings (SSSR count). The second-order valence-corrected chi connectivity index (χ2v) is 12.0. The van der Waals surface area contributed by atoms with E-state index in [4.69, 9.17) is 0 Å². The molecule has 4 N–H and O–H groups in total. The van der Waals surface area contributed by atoms with Crippen molar-refractivity contribution in [1.82, 2.24) is 0 Å². The molecule has 0 aliphatic rings. The van der Waals surface area contributed by atoms with E-state index in [1.165, 1.54) is 6.07 Å². The molecule has 6 aromatic rings. The molecular formula is C32H26N2O6S2. The van der Waals surface area contributed by atoms with Gasteiger partial charge in [-0.3, -0.25) is 9.11 Å². The Hall–Kier alpha value is -4.74. The van der Waals surface area contributed by atoms with E-state index in [9.17, 15) is 25.9 Å². The maximum absolute atomic E-state index is 11.8. The summed E-state index contributed by atoms with van der Waals surface area (Å²) in [4.78, 5) is -0.205. The summed E-state index contributed by atoms with van der Waals surface area (Å²) >= 11 is 0. The van der Waals surface area contributed by atoms with Crippen LogP contribution in [0.3, 0.4) is 0 Å². The van der Waals surface area contributed by atoms with E-state index in [1.807, 2.05) is 78.9 Å². The Morgan fingerprint density at radius 1 is 0.452 bits per heavy atom. The largest absolute Gasteiger partial charge is 0.355 e. The van der Waals surface area contributed by atoms with Crippen LogP contribution in [0.15, 0.2) is 143 Å². The highest BCUT2D eigenvalue weighted by Gasteiger charge is 2.19. The Morgan fingerprint density at radius 2 is 0.976 bits per heavy atom. The molecule has 0 amide bonds. The summed E-state index contributed by atoms with van der Waals surface area (Å²) in [6, 6.07) is 39.4. The second kappa shape index (κ2) is 12.0. The fourth-order valence-corrected chi connectivity index (χ4v) is 6.20. The minimum absolute atomic E-state index is 0.0981. The van der Waals surface area contributed by atoms with Crippen molar-refractivity contribution in [3.05, 3.63) is 133 Å². The summed E-state index contributed by atoms with van der Waals surface area (Å²) in [5.74, 6) is 0. The van der Waals surface area contributed by atoms with Crippen LogP contribution in [0, 0.1) is 0 Å². The number of para-hydroxylation sites is 2. The van der Waals surface area contributed by atoms with E-state index in [0.717, 1.165) is 22.1 Å². The van der Waals surface area contributed by atoms with Gasteiger partial charge in [0.15, 0.2) is 0 Å². The van der Waals surface area contributed by atoms with Gasteiger partial charge in [-0.15, -0.1) is 0 Å². The van der Waals surface area contributed by atoms with Crippen molar-refractivity contribution in [3.8, 4) is 0 Å². The lowest BCUT2D eigenvalue weighted by Crippen LogP contribution is -2.04. The summed E-state index contributed by atoms with van der Waals surface area (Å²) in [5, 5.41) is 8.68. The third-order valence-electron chi connectivity index (χ3n) is 6.39. The average molecular weight is 599 g/mol. The number of benzene rings is 6. The van der Waals surface area contributed by atoms with Crippen LogP contribution in [-0.2, 0) is 20.2 Å². The highest BCUT2D eigenvalue weighted by Crippen LogP contribution is 2.33. The van der Waals surface area contributed by atoms with Crippen LogP contribution in [-0.4, -0.2) is 25.9 Å². The fourth-order valence-electron chi connectivity index (χ4n) is 4.60. The van der Waals surface area contributed by atoms with E-state index in [2.05, 4.69) is 10.6 Å². The Balaban J connectivity index is 0.000000168. The average Bonchev–Trinajstić information content (AvgIpc) is 2.97. The highest BCUT2D eigenvalue weighted by atomic mass is 32.2. The van der Waals surface area contributed by atoms with E-state index in [1.54, 1.807) is 48.5 Å². The van der Waals surface area contributed by atoms with Crippen molar-refractivity contribution in [2.24, 2.45) is 0 Å². The first-order chi connectivity index (χ1) is 20.1. The molecule has 0 spiro atoms. The lowest BCUT2D eigenvalue weighted by atomic mass is 10.1. The van der Waals surface area contributed by atoms with Crippen LogP contribution in [0.25, 0.3) is 21.5 Å². The van der Waals surface area contributed by atoms with Gasteiger partial charge in [-0.2, -0.15) is 16.8 Å². The molecule has 0 saturated carbocycles. The van der Waals surface area contributed by atoms with Crippen molar-refractivity contribution in [3.63, 3.8) is 0 Å². The standard InChI is InChI=1S/2C16H13NO3S/c18-21(19,20)15-11-5-7-12-6-4-10-14(16(12)15)17-13-8-2-1-3-9-13;18-21(19,20)16-14-9-5-4-6-12(14)10-11-15(16)17-13-7-2-1-3-8-13/h2*1-11,17H,(H,18,19,20). The van der Waals surface area contributed by atoms with Gasteiger partial charge in [-0.1, -0.05) is 91.0 Å². The minimum atomic E-state index is -4.34. The SMILES string of the molecule is O=S(=O)(O)c1c(Nc2ccccc2)ccc2ccccc12.O=S(=O)(O)c1cccc2cccc(Nc3ccccc3)c12. The molecule has 8 nitrogen and oxygen atoms in total. The maximum Gasteiger partial charge on any atom is 0.297 e. The van der Waals surface area contributed by atoms with Crippen LogP contribution in [0.2, 0.25) is 0 Å². The van der Waals surface area contributed by atoms with Crippen LogP contribution in [0.4, 0.5) is 22.7 Å². The fraction of sp³-hybridized carbons (Fsp3) is 0. The summed E-state index contributed by atoms with van der Waals surface area (Å²) < 4.78 is 65.7. The predicted molar refractivity (Wildman–Crippen MR) is 167 cm³/mol. The van der Waals surface area contributed by atoms with Crippen molar-refractivity contribution in [2.75, 3.05) is 10.6 Å². The van der Waals surface area contributed by atoms with Gasteiger partial charge in [0.2, 0.25) is 0 Å². The molecule has 0 unspecified atom stereocenters. The first-order valence-electron chi connectivity index (χ1n) is 12.7. The van der Waals surface area contributed by atoms with Crippen LogP contribution >= 0.6 is 0 Å². The lowest BCUT2D eigenvalue weighted by Gasteiger charge is -2.13. The number of hydrogen-bond acceptors (Lipinski definition) is 6. The van der Waals surface area contributed by atoms with E-state index in [0.29, 0.717) is 22.1 Å². The lowest BCUT2D eigenvalue weighted by molar-refractivity contribution is 0.482. The van der Waals surface area contributed by atoms with Gasteiger partial charge in [-0.05, 0) is 53.2 Å². The molecular weight excluding hydrogens is 572 g/mol. The zero-order valence-electron chi connectivity index (χ0n) is 22.0. The number of fused-ring (bicyclic) bond motifs is 2. The van der Waals surface area contributed by atoms with Crippen LogP contribution in [0.5, 0.6) is 0 Å². The molecule has 0 bridgehead atoms. The normalized spacial score (nSPS) is 11.5. The van der Waals surface area contributed by atoms with Gasteiger partial charge < -0.3 is 10.6 Å². The summed E-state index contributed by atoms with van der Waals surface area (Å²) in [6.45, 7) is 0. The Kier molecular flexibility index (Phi) is 8.23. The van der Waals surface area contributed by atoms with Gasteiger partial charge >= 0.3 is 0 Å². The van der Waals surface area contributed by atoms with Crippen molar-refractivity contribution in [1.29, 1.82) is 0 Å². The Morgan fingerprint density at radius 3 is 1.57 bits per heavy atom.